The van der Waals surface area contributed by atoms with Gasteiger partial charge in [-0.3, -0.25) is 24.0 Å². The van der Waals surface area contributed by atoms with Gasteiger partial charge in [0.15, 0.2) is 0 Å². The minimum absolute atomic E-state index is 0.137. The maximum absolute atomic E-state index is 13.2. The second kappa shape index (κ2) is 14.0. The molecule has 2 aromatic carbocycles. The molecule has 3 unspecified atom stereocenters. The largest absolute Gasteiger partial charge is 0.481 e. The summed E-state index contributed by atoms with van der Waals surface area (Å²) >= 11 is 0. The molecule has 0 bridgehead atoms. The van der Waals surface area contributed by atoms with Gasteiger partial charge in [-0.1, -0.05) is 60.7 Å². The molecule has 3 amide bonds. The Bertz CT molecular complexity index is 1080. The van der Waals surface area contributed by atoms with Gasteiger partial charge in [0, 0.05) is 13.0 Å². The molecule has 190 valence electrons. The minimum atomic E-state index is -1.53. The van der Waals surface area contributed by atoms with Crippen LogP contribution in [0.2, 0.25) is 0 Å². The Morgan fingerprint density at radius 2 is 1.36 bits per heavy atom. The zero-order valence-corrected chi connectivity index (χ0v) is 19.3. The van der Waals surface area contributed by atoms with E-state index in [0.29, 0.717) is 0 Å². The third-order valence-corrected chi connectivity index (χ3v) is 5.13. The van der Waals surface area contributed by atoms with Gasteiger partial charge in [0.1, 0.15) is 18.2 Å². The van der Waals surface area contributed by atoms with E-state index in [0.717, 1.165) is 5.56 Å². The van der Waals surface area contributed by atoms with Crippen molar-refractivity contribution in [3.8, 4) is 0 Å². The molecule has 11 heteroatoms. The summed E-state index contributed by atoms with van der Waals surface area (Å²) < 4.78 is 0. The lowest BCUT2D eigenvalue weighted by atomic mass is 9.95. The Kier molecular flexibility index (Phi) is 10.8. The summed E-state index contributed by atoms with van der Waals surface area (Å²) in [6, 6.07) is 14.1. The SMILES string of the molecule is O=CC(CC(=O)O)NC(=O)C(C(=O)NC(CCC(=O)O)C(=O)NCc1ccccc1)c1ccccc1. The van der Waals surface area contributed by atoms with Crippen molar-refractivity contribution in [3.05, 3.63) is 71.8 Å². The molecule has 0 saturated carbocycles. The Morgan fingerprint density at radius 3 is 1.92 bits per heavy atom. The third kappa shape index (κ3) is 9.01. The van der Waals surface area contributed by atoms with Crippen LogP contribution in [0.15, 0.2) is 60.7 Å². The van der Waals surface area contributed by atoms with E-state index in [1.165, 1.54) is 12.1 Å². The molecule has 0 radical (unpaired) electrons. The number of carbonyl (C=O) groups is 6. The van der Waals surface area contributed by atoms with Crippen molar-refractivity contribution in [1.82, 2.24) is 16.0 Å². The molecule has 0 heterocycles. The van der Waals surface area contributed by atoms with Crippen LogP contribution in [-0.4, -0.2) is 58.2 Å². The van der Waals surface area contributed by atoms with Gasteiger partial charge in [-0.25, -0.2) is 0 Å². The highest BCUT2D eigenvalue weighted by atomic mass is 16.4. The normalized spacial score (nSPS) is 12.9. The molecule has 0 spiro atoms. The zero-order chi connectivity index (χ0) is 26.5. The molecule has 2 aromatic rings. The van der Waals surface area contributed by atoms with Crippen molar-refractivity contribution in [3.63, 3.8) is 0 Å². The Hall–Kier alpha value is -4.54. The van der Waals surface area contributed by atoms with Crippen molar-refractivity contribution in [2.24, 2.45) is 0 Å². The molecule has 0 aromatic heterocycles. The zero-order valence-electron chi connectivity index (χ0n) is 19.3. The van der Waals surface area contributed by atoms with Crippen LogP contribution in [0.1, 0.15) is 36.3 Å². The van der Waals surface area contributed by atoms with E-state index in [2.05, 4.69) is 16.0 Å². The molecule has 0 saturated heterocycles. The van der Waals surface area contributed by atoms with Crippen LogP contribution in [-0.2, 0) is 35.3 Å². The molecule has 0 fully saturated rings. The van der Waals surface area contributed by atoms with E-state index < -0.39 is 60.5 Å². The van der Waals surface area contributed by atoms with E-state index in [1.54, 1.807) is 42.5 Å². The van der Waals surface area contributed by atoms with Crippen molar-refractivity contribution < 1.29 is 39.0 Å². The van der Waals surface area contributed by atoms with Gasteiger partial charge in [0.25, 0.3) is 0 Å². The average molecular weight is 498 g/mol. The lowest BCUT2D eigenvalue weighted by molar-refractivity contribution is -0.140. The number of carboxylic acids is 2. The quantitative estimate of drug-likeness (QED) is 0.186. The predicted molar refractivity (Wildman–Crippen MR) is 127 cm³/mol. The van der Waals surface area contributed by atoms with Crippen molar-refractivity contribution in [1.29, 1.82) is 0 Å². The fraction of sp³-hybridized carbons (Fsp3) is 0.280. The Morgan fingerprint density at radius 1 is 0.778 bits per heavy atom. The number of benzene rings is 2. The number of carboxylic acid groups (broad SMARTS) is 2. The highest BCUT2D eigenvalue weighted by molar-refractivity contribution is 6.07. The fourth-order valence-electron chi connectivity index (χ4n) is 3.35. The summed E-state index contributed by atoms with van der Waals surface area (Å²) in [5, 5.41) is 25.3. The first-order chi connectivity index (χ1) is 17.2. The van der Waals surface area contributed by atoms with Crippen LogP contribution < -0.4 is 16.0 Å². The number of hydrogen-bond donors (Lipinski definition) is 5. The number of carbonyl (C=O) groups excluding carboxylic acids is 4. The highest BCUT2D eigenvalue weighted by Crippen LogP contribution is 2.17. The van der Waals surface area contributed by atoms with Crippen molar-refractivity contribution in [2.45, 2.75) is 43.8 Å². The molecule has 2 rings (SSSR count). The molecule has 0 aliphatic heterocycles. The van der Waals surface area contributed by atoms with Crippen LogP contribution >= 0.6 is 0 Å². The van der Waals surface area contributed by atoms with Crippen LogP contribution in [0, 0.1) is 0 Å². The third-order valence-electron chi connectivity index (χ3n) is 5.13. The van der Waals surface area contributed by atoms with Crippen LogP contribution in [0.25, 0.3) is 0 Å². The summed E-state index contributed by atoms with van der Waals surface area (Å²) in [4.78, 5) is 72.2. The number of amides is 3. The summed E-state index contributed by atoms with van der Waals surface area (Å²) in [5.41, 5.74) is 1.02. The molecule has 0 aliphatic carbocycles. The van der Waals surface area contributed by atoms with E-state index in [1.807, 2.05) is 6.07 Å². The number of aldehydes is 1. The van der Waals surface area contributed by atoms with Gasteiger partial charge in [0.05, 0.1) is 12.5 Å². The molecule has 5 N–H and O–H groups in total. The first-order valence-corrected chi connectivity index (χ1v) is 11.1. The standard InChI is InChI=1S/C25H27N3O8/c29-15-18(13-21(32)33)27-24(35)22(17-9-5-2-6-10-17)25(36)28-19(11-12-20(30)31)23(34)26-14-16-7-3-1-4-8-16/h1-10,15,18-19,22H,11-14H2,(H,26,34)(H,27,35)(H,28,36)(H,30,31)(H,32,33). The fourth-order valence-corrected chi connectivity index (χ4v) is 3.35. The average Bonchev–Trinajstić information content (AvgIpc) is 2.85. The highest BCUT2D eigenvalue weighted by Gasteiger charge is 2.33. The topological polar surface area (TPSA) is 179 Å². The van der Waals surface area contributed by atoms with E-state index in [9.17, 15) is 28.8 Å². The van der Waals surface area contributed by atoms with Crippen LogP contribution in [0.5, 0.6) is 0 Å². The van der Waals surface area contributed by atoms with Crippen molar-refractivity contribution >= 4 is 35.9 Å². The molecular formula is C25H27N3O8. The van der Waals surface area contributed by atoms with Gasteiger partial charge < -0.3 is 31.0 Å². The van der Waals surface area contributed by atoms with Gasteiger partial charge in [-0.15, -0.1) is 0 Å². The van der Waals surface area contributed by atoms with Crippen molar-refractivity contribution in [2.75, 3.05) is 0 Å². The predicted octanol–water partition coefficient (Wildman–Crippen LogP) is 0.595. The molecule has 11 nitrogen and oxygen atoms in total. The van der Waals surface area contributed by atoms with E-state index in [-0.39, 0.29) is 24.8 Å². The Labute approximate surface area is 206 Å². The minimum Gasteiger partial charge on any atom is -0.481 e. The lowest BCUT2D eigenvalue weighted by Crippen LogP contribution is -2.51. The molecular weight excluding hydrogens is 470 g/mol. The first-order valence-electron chi connectivity index (χ1n) is 11.1. The second-order valence-corrected chi connectivity index (χ2v) is 7.89. The summed E-state index contributed by atoms with van der Waals surface area (Å²) in [7, 11) is 0. The monoisotopic (exact) mass is 497 g/mol. The smallest absolute Gasteiger partial charge is 0.305 e. The van der Waals surface area contributed by atoms with Crippen LogP contribution in [0.4, 0.5) is 0 Å². The first kappa shape index (κ1) is 27.7. The maximum Gasteiger partial charge on any atom is 0.305 e. The molecule has 36 heavy (non-hydrogen) atoms. The van der Waals surface area contributed by atoms with E-state index >= 15 is 0 Å². The maximum atomic E-state index is 13.2. The molecule has 3 atom stereocenters. The second-order valence-electron chi connectivity index (χ2n) is 7.89. The summed E-state index contributed by atoms with van der Waals surface area (Å²) in [6.07, 6.45) is -1.08. The summed E-state index contributed by atoms with van der Waals surface area (Å²) in [5.74, 6) is -6.53. The van der Waals surface area contributed by atoms with E-state index in [4.69, 9.17) is 10.2 Å². The number of aliphatic carboxylic acids is 2. The number of rotatable bonds is 14. The number of hydrogen-bond acceptors (Lipinski definition) is 6. The van der Waals surface area contributed by atoms with Gasteiger partial charge in [-0.2, -0.15) is 0 Å². The number of nitrogens with one attached hydrogen (secondary N) is 3. The van der Waals surface area contributed by atoms with Crippen LogP contribution in [0.3, 0.4) is 0 Å². The molecule has 0 aliphatic rings. The Balaban J connectivity index is 2.23. The summed E-state index contributed by atoms with van der Waals surface area (Å²) in [6.45, 7) is 0.137. The van der Waals surface area contributed by atoms with Gasteiger partial charge >= 0.3 is 11.9 Å². The van der Waals surface area contributed by atoms with Gasteiger partial charge in [-0.05, 0) is 17.5 Å². The van der Waals surface area contributed by atoms with Gasteiger partial charge in [0.2, 0.25) is 17.7 Å². The lowest BCUT2D eigenvalue weighted by Gasteiger charge is -2.23.